The molecule has 0 radical (unpaired) electrons. The average molecular weight is 277 g/mol. The van der Waals surface area contributed by atoms with Crippen molar-refractivity contribution in [1.29, 1.82) is 0 Å². The van der Waals surface area contributed by atoms with E-state index >= 15 is 0 Å². The molecule has 0 aromatic rings. The van der Waals surface area contributed by atoms with E-state index in [0.29, 0.717) is 6.61 Å². The molecule has 0 aliphatic heterocycles. The number of aliphatic hydroxyl groups is 1. The van der Waals surface area contributed by atoms with Crippen molar-refractivity contribution in [1.82, 2.24) is 0 Å². The normalized spacial score (nSPS) is 11.0. The Labute approximate surface area is 119 Å². The Morgan fingerprint density at radius 3 is 1.00 bits per heavy atom. The minimum Gasteiger partial charge on any atom is -0.396 e. The van der Waals surface area contributed by atoms with Crippen molar-refractivity contribution < 1.29 is 5.11 Å². The molecule has 0 bridgehead atoms. The van der Waals surface area contributed by atoms with Crippen molar-refractivity contribution in [2.45, 2.75) is 89.9 Å². The number of unbranched alkanes of at least 4 members (excludes halogenated alkanes) is 13. The van der Waals surface area contributed by atoms with Crippen molar-refractivity contribution in [3.63, 3.8) is 0 Å². The third kappa shape index (κ3) is 16.2. The van der Waals surface area contributed by atoms with Gasteiger partial charge >= 0.3 is 0 Å². The Morgan fingerprint density at radius 2 is 0.722 bits per heavy atom. The van der Waals surface area contributed by atoms with Gasteiger partial charge in [-0.05, 0) is 12.8 Å². The second-order valence-electron chi connectivity index (χ2n) is 5.36. The molecule has 18 heavy (non-hydrogen) atoms. The maximum absolute atomic E-state index is 8.65. The molecule has 0 aliphatic carbocycles. The molecule has 1 N–H and O–H groups in total. The van der Waals surface area contributed by atoms with E-state index in [1.807, 2.05) is 0 Å². The van der Waals surface area contributed by atoms with E-state index in [2.05, 4.69) is 0 Å². The number of rotatable bonds is 15. The first-order valence-electron chi connectivity index (χ1n) is 8.08. The minimum atomic E-state index is 0.366. The molecule has 1 nitrogen and oxygen atoms in total. The lowest BCUT2D eigenvalue weighted by atomic mass is 10.0. The van der Waals surface area contributed by atoms with E-state index in [1.165, 1.54) is 83.5 Å². The molecule has 110 valence electrons. The molecule has 0 rings (SSSR count). The highest BCUT2D eigenvalue weighted by Gasteiger charge is 1.93. The molecule has 0 aromatic carbocycles. The number of alkyl halides is 1. The first-order valence-corrected chi connectivity index (χ1v) is 8.62. The highest BCUT2D eigenvalue weighted by molar-refractivity contribution is 6.17. The molecular weight excluding hydrogens is 244 g/mol. The van der Waals surface area contributed by atoms with Crippen LogP contribution in [0.3, 0.4) is 0 Å². The molecule has 0 saturated carbocycles. The molecule has 0 saturated heterocycles. The van der Waals surface area contributed by atoms with E-state index in [-0.39, 0.29) is 0 Å². The van der Waals surface area contributed by atoms with Crippen molar-refractivity contribution in [2.75, 3.05) is 12.5 Å². The fraction of sp³-hybridized carbons (Fsp3) is 1.00. The molecule has 0 fully saturated rings. The zero-order chi connectivity index (χ0) is 13.3. The standard InChI is InChI=1S/C16H33ClO/c17-15-13-11-9-7-5-3-1-2-4-6-8-10-12-14-16-18/h18H,1-16H2. The van der Waals surface area contributed by atoms with Gasteiger partial charge in [0.2, 0.25) is 0 Å². The first kappa shape index (κ1) is 18.2. The molecule has 0 aromatic heterocycles. The summed E-state index contributed by atoms with van der Waals surface area (Å²) >= 11 is 5.64. The number of hydrogen-bond donors (Lipinski definition) is 1. The highest BCUT2D eigenvalue weighted by Crippen LogP contribution is 2.12. The molecular formula is C16H33ClO. The minimum absolute atomic E-state index is 0.366. The van der Waals surface area contributed by atoms with Crippen molar-refractivity contribution in [3.8, 4) is 0 Å². The van der Waals surface area contributed by atoms with Crippen LogP contribution in [0.25, 0.3) is 0 Å². The van der Waals surface area contributed by atoms with Crippen molar-refractivity contribution >= 4 is 11.6 Å². The van der Waals surface area contributed by atoms with E-state index in [4.69, 9.17) is 16.7 Å². The summed E-state index contributed by atoms with van der Waals surface area (Å²) in [6, 6.07) is 0. The van der Waals surface area contributed by atoms with Crippen LogP contribution >= 0.6 is 11.6 Å². The maximum Gasteiger partial charge on any atom is 0.0431 e. The van der Waals surface area contributed by atoms with E-state index in [1.54, 1.807) is 0 Å². The average Bonchev–Trinajstić information content (AvgIpc) is 2.39. The van der Waals surface area contributed by atoms with Crippen LogP contribution in [-0.4, -0.2) is 17.6 Å². The van der Waals surface area contributed by atoms with Gasteiger partial charge < -0.3 is 5.11 Å². The number of aliphatic hydroxyl groups excluding tert-OH is 1. The molecule has 0 spiro atoms. The van der Waals surface area contributed by atoms with Crippen molar-refractivity contribution in [3.05, 3.63) is 0 Å². The Morgan fingerprint density at radius 1 is 0.444 bits per heavy atom. The highest BCUT2D eigenvalue weighted by atomic mass is 35.5. The van der Waals surface area contributed by atoms with E-state index in [0.717, 1.165) is 12.3 Å². The van der Waals surface area contributed by atoms with Crippen LogP contribution in [0.15, 0.2) is 0 Å². The van der Waals surface area contributed by atoms with Gasteiger partial charge in [-0.15, -0.1) is 11.6 Å². The van der Waals surface area contributed by atoms with Gasteiger partial charge in [0, 0.05) is 12.5 Å². The van der Waals surface area contributed by atoms with Gasteiger partial charge in [0.25, 0.3) is 0 Å². The quantitative estimate of drug-likeness (QED) is 0.301. The topological polar surface area (TPSA) is 20.2 Å². The Balaban J connectivity index is 2.86. The first-order chi connectivity index (χ1) is 8.91. The third-order valence-electron chi connectivity index (χ3n) is 3.54. The summed E-state index contributed by atoms with van der Waals surface area (Å²) in [5.74, 6) is 0.832. The lowest BCUT2D eigenvalue weighted by molar-refractivity contribution is 0.282. The summed E-state index contributed by atoms with van der Waals surface area (Å²) in [5, 5.41) is 8.65. The largest absolute Gasteiger partial charge is 0.396 e. The van der Waals surface area contributed by atoms with E-state index in [9.17, 15) is 0 Å². The molecule has 2 heteroatoms. The summed E-state index contributed by atoms with van der Waals surface area (Å²) in [7, 11) is 0. The van der Waals surface area contributed by atoms with Crippen LogP contribution in [0.1, 0.15) is 89.9 Å². The second-order valence-corrected chi connectivity index (χ2v) is 5.74. The van der Waals surface area contributed by atoms with E-state index < -0.39 is 0 Å². The third-order valence-corrected chi connectivity index (χ3v) is 3.81. The predicted molar refractivity (Wildman–Crippen MR) is 82.4 cm³/mol. The maximum atomic E-state index is 8.65. The summed E-state index contributed by atoms with van der Waals surface area (Å²) < 4.78 is 0. The lowest BCUT2D eigenvalue weighted by Crippen LogP contribution is -1.85. The van der Waals surface area contributed by atoms with Crippen LogP contribution in [0.4, 0.5) is 0 Å². The van der Waals surface area contributed by atoms with Gasteiger partial charge in [-0.2, -0.15) is 0 Å². The van der Waals surface area contributed by atoms with Gasteiger partial charge in [-0.25, -0.2) is 0 Å². The van der Waals surface area contributed by atoms with Crippen LogP contribution in [0.2, 0.25) is 0 Å². The SMILES string of the molecule is OCCCCCCCCCCCCCCCCCl. The molecule has 0 amide bonds. The second kappa shape index (κ2) is 17.2. The zero-order valence-corrected chi connectivity index (χ0v) is 12.9. The summed E-state index contributed by atoms with van der Waals surface area (Å²) in [6.45, 7) is 0.366. The van der Waals surface area contributed by atoms with Gasteiger partial charge in [0.15, 0.2) is 0 Å². The Bertz CT molecular complexity index is 123. The van der Waals surface area contributed by atoms with Gasteiger partial charge in [0.05, 0.1) is 0 Å². The summed E-state index contributed by atoms with van der Waals surface area (Å²) in [5.41, 5.74) is 0. The molecule has 0 aliphatic rings. The van der Waals surface area contributed by atoms with Crippen LogP contribution in [0.5, 0.6) is 0 Å². The van der Waals surface area contributed by atoms with Crippen molar-refractivity contribution in [2.24, 2.45) is 0 Å². The number of halogens is 1. The Hall–Kier alpha value is 0.250. The predicted octanol–water partition coefficient (Wildman–Crippen LogP) is 5.68. The Kier molecular flexibility index (Phi) is 17.5. The van der Waals surface area contributed by atoms with Gasteiger partial charge in [-0.3, -0.25) is 0 Å². The van der Waals surface area contributed by atoms with Gasteiger partial charge in [0.1, 0.15) is 0 Å². The molecule has 0 unspecified atom stereocenters. The fourth-order valence-electron chi connectivity index (χ4n) is 2.33. The fourth-order valence-corrected chi connectivity index (χ4v) is 2.52. The van der Waals surface area contributed by atoms with Crippen LogP contribution in [0, 0.1) is 0 Å². The smallest absolute Gasteiger partial charge is 0.0431 e. The number of hydrogen-bond acceptors (Lipinski definition) is 1. The molecule has 0 atom stereocenters. The van der Waals surface area contributed by atoms with Gasteiger partial charge in [-0.1, -0.05) is 77.0 Å². The monoisotopic (exact) mass is 276 g/mol. The summed E-state index contributed by atoms with van der Waals surface area (Å²) in [4.78, 5) is 0. The summed E-state index contributed by atoms with van der Waals surface area (Å²) in [6.07, 6.45) is 18.6. The van der Waals surface area contributed by atoms with Crippen LogP contribution in [-0.2, 0) is 0 Å². The lowest BCUT2D eigenvalue weighted by Gasteiger charge is -2.02. The zero-order valence-electron chi connectivity index (χ0n) is 12.1. The van der Waals surface area contributed by atoms with Crippen LogP contribution < -0.4 is 0 Å². The molecule has 0 heterocycles.